The summed E-state index contributed by atoms with van der Waals surface area (Å²) >= 11 is 11.7. The summed E-state index contributed by atoms with van der Waals surface area (Å²) in [6, 6.07) is 10.1. The molecule has 1 aromatic heterocycles. The lowest BCUT2D eigenvalue weighted by Crippen LogP contribution is -1.95. The number of rotatable bonds is 2. The summed E-state index contributed by atoms with van der Waals surface area (Å²) in [5.74, 6) is 0.728. The van der Waals surface area contributed by atoms with E-state index in [9.17, 15) is 0 Å². The Kier molecular flexibility index (Phi) is 3.56. The standard InChI is InChI=1S/C12H7Cl2N3O/c13-9-5-10(14)12(17-11(9)16)18-8-3-1-2-7(4-8)6-15/h1-5H,(H2,16,17). The van der Waals surface area contributed by atoms with Crippen LogP contribution < -0.4 is 10.5 Å². The van der Waals surface area contributed by atoms with Crippen molar-refractivity contribution in [1.82, 2.24) is 4.98 Å². The quantitative estimate of drug-likeness (QED) is 0.911. The number of ether oxygens (including phenoxy) is 1. The molecule has 2 aromatic rings. The third-order valence-electron chi connectivity index (χ3n) is 2.10. The number of anilines is 1. The molecule has 0 atom stereocenters. The van der Waals surface area contributed by atoms with Crippen molar-refractivity contribution in [2.24, 2.45) is 0 Å². The number of hydrogen-bond donors (Lipinski definition) is 1. The van der Waals surface area contributed by atoms with E-state index in [-0.39, 0.29) is 21.7 Å². The van der Waals surface area contributed by atoms with E-state index in [1.54, 1.807) is 24.3 Å². The van der Waals surface area contributed by atoms with Crippen LogP contribution >= 0.6 is 23.2 Å². The van der Waals surface area contributed by atoms with Gasteiger partial charge in [-0.3, -0.25) is 0 Å². The van der Waals surface area contributed by atoms with Gasteiger partial charge in [-0.15, -0.1) is 0 Å². The van der Waals surface area contributed by atoms with Crippen LogP contribution in [0.3, 0.4) is 0 Å². The zero-order valence-corrected chi connectivity index (χ0v) is 10.5. The molecule has 0 aliphatic heterocycles. The van der Waals surface area contributed by atoms with Gasteiger partial charge in [0.05, 0.1) is 16.7 Å². The van der Waals surface area contributed by atoms with Gasteiger partial charge in [-0.1, -0.05) is 29.3 Å². The number of nitrogens with zero attached hydrogens (tertiary/aromatic N) is 2. The molecule has 0 saturated heterocycles. The first kappa shape index (κ1) is 12.5. The summed E-state index contributed by atoms with van der Waals surface area (Å²) in [5.41, 5.74) is 6.04. The van der Waals surface area contributed by atoms with Crippen LogP contribution in [0.15, 0.2) is 30.3 Å². The van der Waals surface area contributed by atoms with Gasteiger partial charge in [0.15, 0.2) is 0 Å². The molecule has 1 heterocycles. The molecule has 0 amide bonds. The van der Waals surface area contributed by atoms with E-state index in [2.05, 4.69) is 4.98 Å². The van der Waals surface area contributed by atoms with Crippen molar-refractivity contribution < 1.29 is 4.74 Å². The predicted octanol–water partition coefficient (Wildman–Crippen LogP) is 3.63. The molecule has 0 aliphatic carbocycles. The zero-order valence-electron chi connectivity index (χ0n) is 9.02. The van der Waals surface area contributed by atoms with Crippen molar-refractivity contribution in [2.45, 2.75) is 0 Å². The maximum atomic E-state index is 8.78. The molecule has 0 aliphatic rings. The number of halogens is 2. The van der Waals surface area contributed by atoms with E-state index >= 15 is 0 Å². The summed E-state index contributed by atoms with van der Waals surface area (Å²) in [6.45, 7) is 0. The SMILES string of the molecule is N#Cc1cccc(Oc2nc(N)c(Cl)cc2Cl)c1. The van der Waals surface area contributed by atoms with E-state index in [0.717, 1.165) is 0 Å². The van der Waals surface area contributed by atoms with Crippen LogP contribution in [0.4, 0.5) is 5.82 Å². The fourth-order valence-electron chi connectivity index (χ4n) is 1.28. The number of hydrogen-bond acceptors (Lipinski definition) is 4. The molecule has 2 rings (SSSR count). The fourth-order valence-corrected chi connectivity index (χ4v) is 1.67. The average Bonchev–Trinajstić information content (AvgIpc) is 2.36. The van der Waals surface area contributed by atoms with Crippen molar-refractivity contribution in [3.8, 4) is 17.7 Å². The van der Waals surface area contributed by atoms with E-state index < -0.39 is 0 Å². The smallest absolute Gasteiger partial charge is 0.240 e. The normalized spacial score (nSPS) is 9.83. The highest BCUT2D eigenvalue weighted by Crippen LogP contribution is 2.32. The second-order valence-electron chi connectivity index (χ2n) is 3.38. The maximum Gasteiger partial charge on any atom is 0.240 e. The van der Waals surface area contributed by atoms with Crippen molar-refractivity contribution in [3.63, 3.8) is 0 Å². The third kappa shape index (κ3) is 2.65. The average molecular weight is 280 g/mol. The van der Waals surface area contributed by atoms with Crippen LogP contribution in [0.5, 0.6) is 11.6 Å². The number of nitrogen functional groups attached to an aromatic ring is 1. The van der Waals surface area contributed by atoms with Gasteiger partial charge in [0.25, 0.3) is 0 Å². The first-order chi connectivity index (χ1) is 8.60. The minimum absolute atomic E-state index is 0.132. The molecule has 0 spiro atoms. The predicted molar refractivity (Wildman–Crippen MR) is 69.9 cm³/mol. The Morgan fingerprint density at radius 2 is 2.00 bits per heavy atom. The van der Waals surface area contributed by atoms with E-state index in [1.165, 1.54) is 6.07 Å². The first-order valence-corrected chi connectivity index (χ1v) is 5.65. The van der Waals surface area contributed by atoms with Gasteiger partial charge in [-0.05, 0) is 24.3 Å². The molecule has 0 radical (unpaired) electrons. The summed E-state index contributed by atoms with van der Waals surface area (Å²) < 4.78 is 5.45. The number of aromatic nitrogens is 1. The Bertz CT molecular complexity index is 638. The maximum absolute atomic E-state index is 8.78. The van der Waals surface area contributed by atoms with Crippen LogP contribution in [0.1, 0.15) is 5.56 Å². The molecule has 18 heavy (non-hydrogen) atoms. The van der Waals surface area contributed by atoms with Gasteiger partial charge < -0.3 is 10.5 Å². The number of pyridine rings is 1. The minimum atomic E-state index is 0.132. The van der Waals surface area contributed by atoms with Gasteiger partial charge in [0.1, 0.15) is 16.6 Å². The molecule has 6 heteroatoms. The second kappa shape index (κ2) is 5.13. The van der Waals surface area contributed by atoms with Crippen molar-refractivity contribution >= 4 is 29.0 Å². The monoisotopic (exact) mass is 279 g/mol. The molecular weight excluding hydrogens is 273 g/mol. The van der Waals surface area contributed by atoms with Gasteiger partial charge in [-0.25, -0.2) is 0 Å². The number of nitriles is 1. The summed E-state index contributed by atoms with van der Waals surface area (Å²) in [7, 11) is 0. The summed E-state index contributed by atoms with van der Waals surface area (Å²) in [5, 5.41) is 9.29. The summed E-state index contributed by atoms with van der Waals surface area (Å²) in [6.07, 6.45) is 0. The Morgan fingerprint density at radius 3 is 2.72 bits per heavy atom. The Labute approximate surface area is 114 Å². The van der Waals surface area contributed by atoms with Crippen LogP contribution in [0, 0.1) is 11.3 Å². The number of nitrogens with two attached hydrogens (primary N) is 1. The lowest BCUT2D eigenvalue weighted by molar-refractivity contribution is 0.464. The van der Waals surface area contributed by atoms with Gasteiger partial charge in [-0.2, -0.15) is 10.2 Å². The Morgan fingerprint density at radius 1 is 1.22 bits per heavy atom. The minimum Gasteiger partial charge on any atom is -0.437 e. The van der Waals surface area contributed by atoms with E-state index in [4.69, 9.17) is 38.9 Å². The molecule has 0 fully saturated rings. The van der Waals surface area contributed by atoms with E-state index in [0.29, 0.717) is 11.3 Å². The highest BCUT2D eigenvalue weighted by Gasteiger charge is 2.09. The molecule has 90 valence electrons. The van der Waals surface area contributed by atoms with E-state index in [1.807, 2.05) is 6.07 Å². The van der Waals surface area contributed by atoms with Gasteiger partial charge in [0, 0.05) is 0 Å². The van der Waals surface area contributed by atoms with Crippen molar-refractivity contribution in [1.29, 1.82) is 5.26 Å². The van der Waals surface area contributed by atoms with Crippen LogP contribution in [-0.4, -0.2) is 4.98 Å². The highest BCUT2D eigenvalue weighted by molar-refractivity contribution is 6.36. The van der Waals surface area contributed by atoms with Crippen LogP contribution in [-0.2, 0) is 0 Å². The molecule has 2 N–H and O–H groups in total. The lowest BCUT2D eigenvalue weighted by atomic mass is 10.2. The molecule has 0 bridgehead atoms. The first-order valence-electron chi connectivity index (χ1n) is 4.89. The molecule has 1 aromatic carbocycles. The topological polar surface area (TPSA) is 71.9 Å². The fraction of sp³-hybridized carbons (Fsp3) is 0. The van der Waals surface area contributed by atoms with Crippen molar-refractivity contribution in [2.75, 3.05) is 5.73 Å². The van der Waals surface area contributed by atoms with Crippen LogP contribution in [0.2, 0.25) is 10.0 Å². The molecule has 0 saturated carbocycles. The third-order valence-corrected chi connectivity index (χ3v) is 2.68. The zero-order chi connectivity index (χ0) is 13.1. The summed E-state index contributed by atoms with van der Waals surface area (Å²) in [4.78, 5) is 3.93. The second-order valence-corrected chi connectivity index (χ2v) is 4.20. The van der Waals surface area contributed by atoms with Gasteiger partial charge in [0.2, 0.25) is 5.88 Å². The largest absolute Gasteiger partial charge is 0.437 e. The Balaban J connectivity index is 2.34. The van der Waals surface area contributed by atoms with Crippen LogP contribution in [0.25, 0.3) is 0 Å². The van der Waals surface area contributed by atoms with Gasteiger partial charge >= 0.3 is 0 Å². The highest BCUT2D eigenvalue weighted by atomic mass is 35.5. The molecule has 4 nitrogen and oxygen atoms in total. The Hall–Kier alpha value is -1.96. The number of benzene rings is 1. The van der Waals surface area contributed by atoms with Crippen molar-refractivity contribution in [3.05, 3.63) is 45.9 Å². The lowest BCUT2D eigenvalue weighted by Gasteiger charge is -2.08. The molecule has 0 unspecified atom stereocenters. The molecular formula is C12H7Cl2N3O.